The number of nitrogens with zero attached hydrogens (tertiary/aromatic N) is 5. The van der Waals surface area contributed by atoms with E-state index in [-0.39, 0.29) is 22.9 Å². The molecule has 10 heteroatoms. The fourth-order valence-corrected chi connectivity index (χ4v) is 3.65. The number of urea groups is 1. The average molecular weight is 484 g/mol. The van der Waals surface area contributed by atoms with Gasteiger partial charge in [0.25, 0.3) is 5.91 Å². The average Bonchev–Trinajstić information content (AvgIpc) is 2.85. The number of benzene rings is 1. The minimum absolute atomic E-state index is 0.160. The van der Waals surface area contributed by atoms with E-state index >= 15 is 0 Å². The molecule has 0 bridgehead atoms. The molecule has 0 atom stereocenters. The lowest BCUT2D eigenvalue weighted by Gasteiger charge is -2.23. The summed E-state index contributed by atoms with van der Waals surface area (Å²) < 4.78 is 0. The van der Waals surface area contributed by atoms with Crippen molar-refractivity contribution in [3.8, 4) is 22.6 Å². The van der Waals surface area contributed by atoms with Crippen LogP contribution in [0.5, 0.6) is 0 Å². The molecular formula is C26H25N7O3. The molecule has 1 aromatic carbocycles. The number of rotatable bonds is 6. The maximum atomic E-state index is 12.7. The number of nitrogens with two attached hydrogens (primary N) is 2. The maximum absolute atomic E-state index is 12.7. The van der Waals surface area contributed by atoms with E-state index in [0.717, 1.165) is 5.56 Å². The Morgan fingerprint density at radius 2 is 1.69 bits per heavy atom. The van der Waals surface area contributed by atoms with Crippen LogP contribution in [0.15, 0.2) is 67.0 Å². The van der Waals surface area contributed by atoms with Gasteiger partial charge in [0, 0.05) is 18.0 Å². The van der Waals surface area contributed by atoms with Crippen LogP contribution in [0.4, 0.5) is 16.3 Å². The van der Waals surface area contributed by atoms with Crippen LogP contribution >= 0.6 is 0 Å². The van der Waals surface area contributed by atoms with E-state index in [4.69, 9.17) is 11.5 Å². The van der Waals surface area contributed by atoms with Crippen LogP contribution in [0.25, 0.3) is 22.6 Å². The first-order chi connectivity index (χ1) is 17.1. The molecule has 36 heavy (non-hydrogen) atoms. The van der Waals surface area contributed by atoms with Gasteiger partial charge in [-0.3, -0.25) is 9.78 Å². The molecule has 0 saturated carbocycles. The summed E-state index contributed by atoms with van der Waals surface area (Å²) in [7, 11) is 0. The third-order valence-electron chi connectivity index (χ3n) is 5.45. The highest BCUT2D eigenvalue weighted by Gasteiger charge is 2.24. The smallest absolute Gasteiger partial charge is 0.325 e. The lowest BCUT2D eigenvalue weighted by Crippen LogP contribution is -2.33. The lowest BCUT2D eigenvalue weighted by molar-refractivity contribution is 0.0688. The molecule has 3 aromatic heterocycles. The van der Waals surface area contributed by atoms with Crippen molar-refractivity contribution in [2.75, 3.05) is 4.90 Å². The molecular weight excluding hydrogens is 458 g/mol. The fourth-order valence-electron chi connectivity index (χ4n) is 3.65. The van der Waals surface area contributed by atoms with Gasteiger partial charge in [-0.1, -0.05) is 18.2 Å². The number of primary amides is 2. The van der Waals surface area contributed by atoms with Gasteiger partial charge in [-0.05, 0) is 62.7 Å². The van der Waals surface area contributed by atoms with Crippen LogP contribution in [0.1, 0.15) is 35.6 Å². The summed E-state index contributed by atoms with van der Waals surface area (Å²) in [6, 6.07) is 14.5. The minimum atomic E-state index is -1.23. The highest BCUT2D eigenvalue weighted by molar-refractivity contribution is 6.02. The number of amides is 3. The van der Waals surface area contributed by atoms with Crippen LogP contribution in [-0.4, -0.2) is 37.0 Å². The molecule has 10 nitrogen and oxygen atoms in total. The zero-order chi connectivity index (χ0) is 26.0. The topological polar surface area (TPSA) is 161 Å². The van der Waals surface area contributed by atoms with Gasteiger partial charge in [0.2, 0.25) is 0 Å². The van der Waals surface area contributed by atoms with Crippen molar-refractivity contribution in [1.29, 1.82) is 0 Å². The predicted molar refractivity (Wildman–Crippen MR) is 135 cm³/mol. The quantitative estimate of drug-likeness (QED) is 0.378. The van der Waals surface area contributed by atoms with Crippen LogP contribution in [0.3, 0.4) is 0 Å². The highest BCUT2D eigenvalue weighted by atomic mass is 16.3. The number of aromatic nitrogens is 4. The van der Waals surface area contributed by atoms with Crippen molar-refractivity contribution in [3.05, 3.63) is 83.9 Å². The van der Waals surface area contributed by atoms with E-state index in [1.54, 1.807) is 56.6 Å². The number of hydrogen-bond donors (Lipinski definition) is 3. The Morgan fingerprint density at radius 3 is 2.33 bits per heavy atom. The van der Waals surface area contributed by atoms with Crippen LogP contribution in [0.2, 0.25) is 0 Å². The molecule has 0 fully saturated rings. The first-order valence-corrected chi connectivity index (χ1v) is 11.0. The molecule has 0 unspecified atom stereocenters. The van der Waals surface area contributed by atoms with E-state index in [1.807, 2.05) is 19.1 Å². The van der Waals surface area contributed by atoms with Crippen molar-refractivity contribution in [2.24, 2.45) is 11.5 Å². The Morgan fingerprint density at radius 1 is 0.917 bits per heavy atom. The number of carbonyl (C=O) groups is 2. The molecule has 4 aromatic rings. The predicted octanol–water partition coefficient (Wildman–Crippen LogP) is 3.45. The summed E-state index contributed by atoms with van der Waals surface area (Å²) in [6.45, 7) is 5.03. The monoisotopic (exact) mass is 483 g/mol. The molecule has 4 rings (SSSR count). The Kier molecular flexibility index (Phi) is 6.45. The normalized spacial score (nSPS) is 11.2. The Balaban J connectivity index is 1.86. The van der Waals surface area contributed by atoms with Gasteiger partial charge in [0.15, 0.2) is 5.82 Å². The standard InChI is InChI=1S/C26H25N7O3/c1-15-7-8-16(18-11-13-30-24(31-18)26(2,3)36)14-20(15)33(25(28)35)21-10-9-17(23(27)34)22(32-21)19-6-4-5-12-29-19/h4-14,36H,1-3H3,(H2,27,34)(H2,28,35). The van der Waals surface area contributed by atoms with E-state index in [1.165, 1.54) is 17.0 Å². The highest BCUT2D eigenvalue weighted by Crippen LogP contribution is 2.33. The molecule has 0 spiro atoms. The largest absolute Gasteiger partial charge is 0.382 e. The number of carbonyl (C=O) groups excluding carboxylic acids is 2. The van der Waals surface area contributed by atoms with E-state index in [9.17, 15) is 14.7 Å². The van der Waals surface area contributed by atoms with Crippen LogP contribution in [-0.2, 0) is 5.60 Å². The van der Waals surface area contributed by atoms with Crippen molar-refractivity contribution in [3.63, 3.8) is 0 Å². The van der Waals surface area contributed by atoms with Gasteiger partial charge in [0.1, 0.15) is 17.1 Å². The second-order valence-electron chi connectivity index (χ2n) is 8.64. The minimum Gasteiger partial charge on any atom is -0.382 e. The van der Waals surface area contributed by atoms with Crippen molar-refractivity contribution >= 4 is 23.4 Å². The molecule has 3 amide bonds. The summed E-state index contributed by atoms with van der Waals surface area (Å²) in [5, 5.41) is 10.3. The van der Waals surface area contributed by atoms with E-state index in [0.29, 0.717) is 22.6 Å². The summed E-state index contributed by atoms with van der Waals surface area (Å²) in [6.07, 6.45) is 3.13. The number of aliphatic hydroxyl groups is 1. The molecule has 182 valence electrons. The second-order valence-corrected chi connectivity index (χ2v) is 8.64. The summed E-state index contributed by atoms with van der Waals surface area (Å²) in [5.41, 5.74) is 13.4. The summed E-state index contributed by atoms with van der Waals surface area (Å²) >= 11 is 0. The van der Waals surface area contributed by atoms with Crippen LogP contribution < -0.4 is 16.4 Å². The third kappa shape index (κ3) is 4.89. The molecule has 0 saturated heterocycles. The Labute approximate surface area is 207 Å². The van der Waals surface area contributed by atoms with Gasteiger partial charge in [-0.2, -0.15) is 0 Å². The number of anilines is 2. The molecule has 0 aliphatic rings. The zero-order valence-electron chi connectivity index (χ0n) is 20.0. The number of hydrogen-bond acceptors (Lipinski definition) is 7. The van der Waals surface area contributed by atoms with Crippen LogP contribution in [0, 0.1) is 6.92 Å². The van der Waals surface area contributed by atoms with Crippen molar-refractivity contribution in [1.82, 2.24) is 19.9 Å². The molecule has 3 heterocycles. The van der Waals surface area contributed by atoms with E-state index in [2.05, 4.69) is 19.9 Å². The maximum Gasteiger partial charge on any atom is 0.325 e. The van der Waals surface area contributed by atoms with Gasteiger partial charge in [-0.15, -0.1) is 0 Å². The van der Waals surface area contributed by atoms with Crippen molar-refractivity contribution < 1.29 is 14.7 Å². The van der Waals surface area contributed by atoms with Gasteiger partial charge in [0.05, 0.1) is 22.6 Å². The van der Waals surface area contributed by atoms with Gasteiger partial charge < -0.3 is 16.6 Å². The van der Waals surface area contributed by atoms with Gasteiger partial charge >= 0.3 is 6.03 Å². The Bertz CT molecular complexity index is 1450. The first kappa shape index (κ1) is 24.4. The molecule has 5 N–H and O–H groups in total. The lowest BCUT2D eigenvalue weighted by atomic mass is 10.0. The first-order valence-electron chi connectivity index (χ1n) is 11.0. The fraction of sp³-hybridized carbons (Fsp3) is 0.154. The second kappa shape index (κ2) is 9.51. The molecule has 0 aliphatic heterocycles. The summed E-state index contributed by atoms with van der Waals surface area (Å²) in [5.74, 6) is -0.226. The Hall–Kier alpha value is -4.70. The molecule has 0 aliphatic carbocycles. The van der Waals surface area contributed by atoms with Gasteiger partial charge in [-0.25, -0.2) is 24.6 Å². The SMILES string of the molecule is Cc1ccc(-c2ccnc(C(C)(C)O)n2)cc1N(C(N)=O)c1ccc(C(N)=O)c(-c2ccccn2)n1. The third-order valence-corrected chi connectivity index (χ3v) is 5.45. The van der Waals surface area contributed by atoms with E-state index < -0.39 is 17.5 Å². The zero-order valence-corrected chi connectivity index (χ0v) is 20.0. The summed E-state index contributed by atoms with van der Waals surface area (Å²) in [4.78, 5) is 43.4. The number of aryl methyl sites for hydroxylation is 1. The molecule has 0 radical (unpaired) electrons. The van der Waals surface area contributed by atoms with Crippen molar-refractivity contribution in [2.45, 2.75) is 26.4 Å². The number of pyridine rings is 2.